The number of urea groups is 1. The lowest BCUT2D eigenvalue weighted by molar-refractivity contribution is 0.252. The fraction of sp³-hybridized carbons (Fsp3) is 0.241. The number of pyridine rings is 1. The van der Waals surface area contributed by atoms with Gasteiger partial charge in [0, 0.05) is 42.1 Å². The molecule has 2 amide bonds. The average molecular weight is 466 g/mol. The Morgan fingerprint density at radius 1 is 0.857 bits per heavy atom. The number of nitrogens with one attached hydrogen (secondary N) is 3. The van der Waals surface area contributed by atoms with E-state index in [0.717, 1.165) is 54.4 Å². The van der Waals surface area contributed by atoms with Gasteiger partial charge in [0.15, 0.2) is 0 Å². The van der Waals surface area contributed by atoms with E-state index in [1.54, 1.807) is 0 Å². The van der Waals surface area contributed by atoms with Crippen LogP contribution in [0.25, 0.3) is 32.8 Å². The first-order valence-corrected chi connectivity index (χ1v) is 12.3. The molecule has 0 saturated heterocycles. The van der Waals surface area contributed by atoms with Gasteiger partial charge < -0.3 is 20.2 Å². The number of aryl methyl sites for hydroxylation is 1. The van der Waals surface area contributed by atoms with Crippen LogP contribution in [0.2, 0.25) is 0 Å². The fourth-order valence-electron chi connectivity index (χ4n) is 4.68. The van der Waals surface area contributed by atoms with E-state index in [1.165, 1.54) is 21.7 Å². The van der Waals surface area contributed by atoms with Gasteiger partial charge in [-0.15, -0.1) is 0 Å². The van der Waals surface area contributed by atoms with Crippen molar-refractivity contribution in [2.45, 2.75) is 25.7 Å². The molecule has 0 aliphatic carbocycles. The second-order valence-electron chi connectivity index (χ2n) is 8.86. The molecule has 0 aliphatic heterocycles. The van der Waals surface area contributed by atoms with Gasteiger partial charge in [-0.25, -0.2) is 4.79 Å². The van der Waals surface area contributed by atoms with E-state index >= 15 is 0 Å². The molecule has 2 aromatic heterocycles. The number of hydrogen-bond donors (Lipinski definition) is 3. The Labute approximate surface area is 204 Å². The lowest BCUT2D eigenvalue weighted by atomic mass is 10.1. The van der Waals surface area contributed by atoms with Crippen LogP contribution < -0.4 is 16.0 Å². The molecule has 0 unspecified atom stereocenters. The predicted molar refractivity (Wildman–Crippen MR) is 145 cm³/mol. The van der Waals surface area contributed by atoms with Gasteiger partial charge in [0.2, 0.25) is 0 Å². The van der Waals surface area contributed by atoms with Crippen molar-refractivity contribution < 1.29 is 4.79 Å². The van der Waals surface area contributed by atoms with E-state index in [0.29, 0.717) is 6.54 Å². The first-order valence-electron chi connectivity index (χ1n) is 12.3. The minimum Gasteiger partial charge on any atom is -0.341 e. The highest BCUT2D eigenvalue weighted by Crippen LogP contribution is 2.25. The molecule has 0 radical (unpaired) electrons. The molecular weight excluding hydrogens is 434 g/mol. The Morgan fingerprint density at radius 2 is 1.57 bits per heavy atom. The number of hydrogen-bond acceptors (Lipinski definition) is 2. The maximum absolute atomic E-state index is 12.0. The van der Waals surface area contributed by atoms with Crippen LogP contribution in [0.15, 0.2) is 83.9 Å². The lowest BCUT2D eigenvalue weighted by Crippen LogP contribution is -2.29. The van der Waals surface area contributed by atoms with E-state index in [1.807, 2.05) is 30.3 Å². The summed E-state index contributed by atoms with van der Waals surface area (Å²) >= 11 is 0. The molecule has 35 heavy (non-hydrogen) atoms. The average Bonchev–Trinajstić information content (AvgIpc) is 3.28. The second-order valence-corrected chi connectivity index (χ2v) is 8.86. The SMILES string of the molecule is Cn1c2ccccc2c(=NCCCCCCNC(=O)Nc2ccccc2)c2c3ccccc3[nH]c21. The largest absolute Gasteiger partial charge is 0.341 e. The first kappa shape index (κ1) is 22.7. The summed E-state index contributed by atoms with van der Waals surface area (Å²) in [5.41, 5.74) is 4.21. The van der Waals surface area contributed by atoms with Crippen LogP contribution in [0.3, 0.4) is 0 Å². The van der Waals surface area contributed by atoms with Crippen molar-refractivity contribution in [3.05, 3.63) is 84.2 Å². The summed E-state index contributed by atoms with van der Waals surface area (Å²) in [7, 11) is 2.11. The van der Waals surface area contributed by atoms with Gasteiger partial charge in [0.25, 0.3) is 0 Å². The van der Waals surface area contributed by atoms with E-state index in [4.69, 9.17) is 4.99 Å². The second kappa shape index (κ2) is 10.5. The Kier molecular flexibility index (Phi) is 6.80. The summed E-state index contributed by atoms with van der Waals surface area (Å²) in [5, 5.41) is 10.4. The number of carbonyl (C=O) groups excluding carboxylic acids is 1. The van der Waals surface area contributed by atoms with Crippen LogP contribution in [0.4, 0.5) is 10.5 Å². The highest BCUT2D eigenvalue weighted by atomic mass is 16.2. The van der Waals surface area contributed by atoms with Gasteiger partial charge in [-0.3, -0.25) is 4.99 Å². The first-order chi connectivity index (χ1) is 17.2. The summed E-state index contributed by atoms with van der Waals surface area (Å²) in [6.45, 7) is 1.46. The molecule has 0 saturated carbocycles. The molecule has 2 heterocycles. The molecule has 0 aliphatic rings. The van der Waals surface area contributed by atoms with Crippen molar-refractivity contribution in [2.75, 3.05) is 18.4 Å². The van der Waals surface area contributed by atoms with Crippen LogP contribution in [-0.2, 0) is 7.05 Å². The number of H-pyrrole nitrogens is 1. The number of amides is 2. The minimum absolute atomic E-state index is 0.155. The molecule has 5 rings (SSSR count). The number of fused-ring (bicyclic) bond motifs is 4. The zero-order chi connectivity index (χ0) is 24.0. The normalized spacial score (nSPS) is 12.0. The van der Waals surface area contributed by atoms with Crippen LogP contribution in [-0.4, -0.2) is 28.7 Å². The molecule has 0 fully saturated rings. The highest BCUT2D eigenvalue weighted by Gasteiger charge is 2.12. The highest BCUT2D eigenvalue weighted by molar-refractivity contribution is 6.09. The van der Waals surface area contributed by atoms with Crippen molar-refractivity contribution in [3.63, 3.8) is 0 Å². The van der Waals surface area contributed by atoms with E-state index < -0.39 is 0 Å². The number of aromatic amines is 1. The zero-order valence-corrected chi connectivity index (χ0v) is 20.1. The molecule has 0 spiro atoms. The molecule has 3 N–H and O–H groups in total. The number of para-hydroxylation sites is 3. The number of aromatic nitrogens is 2. The van der Waals surface area contributed by atoms with E-state index in [9.17, 15) is 4.79 Å². The summed E-state index contributed by atoms with van der Waals surface area (Å²) in [4.78, 5) is 20.7. The molecule has 178 valence electrons. The van der Waals surface area contributed by atoms with E-state index in [2.05, 4.69) is 75.8 Å². The van der Waals surface area contributed by atoms with Crippen LogP contribution in [0, 0.1) is 0 Å². The number of anilines is 1. The Balaban J connectivity index is 1.22. The molecule has 6 heteroatoms. The van der Waals surface area contributed by atoms with Crippen molar-refractivity contribution in [1.29, 1.82) is 0 Å². The summed E-state index contributed by atoms with van der Waals surface area (Å²) in [5.74, 6) is 0. The third kappa shape index (κ3) is 4.92. The Morgan fingerprint density at radius 3 is 2.43 bits per heavy atom. The third-order valence-electron chi connectivity index (χ3n) is 6.45. The molecular formula is C29H31N5O. The quantitative estimate of drug-likeness (QED) is 0.238. The summed E-state index contributed by atoms with van der Waals surface area (Å²) < 4.78 is 2.23. The van der Waals surface area contributed by atoms with Crippen molar-refractivity contribution >= 4 is 44.6 Å². The zero-order valence-electron chi connectivity index (χ0n) is 20.1. The molecule has 0 atom stereocenters. The number of benzene rings is 3. The summed E-state index contributed by atoms with van der Waals surface area (Å²) in [6, 6.07) is 26.3. The van der Waals surface area contributed by atoms with Gasteiger partial charge in [-0.1, -0.05) is 67.4 Å². The Hall–Kier alpha value is -4.06. The van der Waals surface area contributed by atoms with Crippen LogP contribution >= 0.6 is 0 Å². The van der Waals surface area contributed by atoms with Crippen molar-refractivity contribution in [1.82, 2.24) is 14.9 Å². The maximum Gasteiger partial charge on any atom is 0.319 e. The van der Waals surface area contributed by atoms with Gasteiger partial charge in [0.1, 0.15) is 5.65 Å². The maximum atomic E-state index is 12.0. The smallest absolute Gasteiger partial charge is 0.319 e. The molecule has 6 nitrogen and oxygen atoms in total. The molecule has 3 aromatic carbocycles. The predicted octanol–water partition coefficient (Wildman–Crippen LogP) is 6.10. The number of nitrogens with zero attached hydrogens (tertiary/aromatic N) is 2. The van der Waals surface area contributed by atoms with Gasteiger partial charge >= 0.3 is 6.03 Å². The van der Waals surface area contributed by atoms with Crippen molar-refractivity contribution in [3.8, 4) is 0 Å². The molecule has 0 bridgehead atoms. The van der Waals surface area contributed by atoms with E-state index in [-0.39, 0.29) is 6.03 Å². The number of carbonyl (C=O) groups is 1. The van der Waals surface area contributed by atoms with Crippen LogP contribution in [0.1, 0.15) is 25.7 Å². The minimum atomic E-state index is -0.155. The number of rotatable bonds is 8. The number of unbranched alkanes of at least 4 members (excludes halogenated alkanes) is 3. The third-order valence-corrected chi connectivity index (χ3v) is 6.45. The summed E-state index contributed by atoms with van der Waals surface area (Å²) in [6.07, 6.45) is 4.13. The van der Waals surface area contributed by atoms with Crippen LogP contribution in [0.5, 0.6) is 0 Å². The van der Waals surface area contributed by atoms with Gasteiger partial charge in [-0.2, -0.15) is 0 Å². The van der Waals surface area contributed by atoms with Crippen molar-refractivity contribution in [2.24, 2.45) is 12.0 Å². The van der Waals surface area contributed by atoms with Gasteiger partial charge in [-0.05, 0) is 37.1 Å². The van der Waals surface area contributed by atoms with Gasteiger partial charge in [0.05, 0.1) is 16.3 Å². The standard InChI is InChI=1S/C29H31N5O/c1-34-25-18-10-8-16-23(25)27(26-22-15-7-9-17-24(22)33-28(26)34)30-19-11-2-3-12-20-31-29(35)32-21-13-5-4-6-14-21/h4-10,13-18,33H,2-3,11-12,19-20H2,1H3,(H2,31,32,35). The monoisotopic (exact) mass is 465 g/mol. The topological polar surface area (TPSA) is 74.2 Å². The lowest BCUT2D eigenvalue weighted by Gasteiger charge is -2.09. The Bertz CT molecular complexity index is 1530. The molecule has 5 aromatic rings. The fourth-order valence-corrected chi connectivity index (χ4v) is 4.68.